The van der Waals surface area contributed by atoms with Crippen LogP contribution in [0.5, 0.6) is 5.75 Å². The topological polar surface area (TPSA) is 64.6 Å². The molecule has 0 saturated carbocycles. The predicted octanol–water partition coefficient (Wildman–Crippen LogP) is 0.659. The number of esters is 1. The first-order chi connectivity index (χ1) is 7.19. The number of thiophene rings is 1. The van der Waals surface area contributed by atoms with Gasteiger partial charge in [-0.1, -0.05) is 0 Å². The lowest BCUT2D eigenvalue weighted by atomic mass is 10.4. The molecule has 0 aromatic carbocycles. The third kappa shape index (κ3) is 2.95. The van der Waals surface area contributed by atoms with Crippen LogP contribution < -0.4 is 10.1 Å². The number of methoxy groups -OCH3 is 2. The third-order valence-corrected chi connectivity index (χ3v) is 2.57. The number of carbonyl (C=O) groups excluding carboxylic acids is 2. The standard InChI is InChI=1S/C9H11NO4S/c1-13-6-3-4-15-8(6)9(12)10-5-7(11)14-2/h3-4H,5H2,1-2H3,(H,10,12). The molecular formula is C9H11NO4S. The summed E-state index contributed by atoms with van der Waals surface area (Å²) >= 11 is 1.25. The minimum Gasteiger partial charge on any atom is -0.495 e. The molecule has 0 aliphatic rings. The number of rotatable bonds is 4. The van der Waals surface area contributed by atoms with Gasteiger partial charge in [0.25, 0.3) is 5.91 Å². The van der Waals surface area contributed by atoms with Crippen LogP contribution in [-0.2, 0) is 9.53 Å². The zero-order valence-electron chi connectivity index (χ0n) is 8.40. The summed E-state index contributed by atoms with van der Waals surface area (Å²) in [5.74, 6) is -0.325. The third-order valence-electron chi connectivity index (χ3n) is 1.68. The van der Waals surface area contributed by atoms with Gasteiger partial charge in [-0.05, 0) is 11.4 Å². The Labute approximate surface area is 91.0 Å². The summed E-state index contributed by atoms with van der Waals surface area (Å²) in [5, 5.41) is 4.17. The summed E-state index contributed by atoms with van der Waals surface area (Å²) in [6, 6.07) is 1.69. The maximum atomic E-state index is 11.5. The van der Waals surface area contributed by atoms with E-state index in [2.05, 4.69) is 10.1 Å². The summed E-state index contributed by atoms with van der Waals surface area (Å²) in [4.78, 5) is 22.7. The van der Waals surface area contributed by atoms with Crippen LogP contribution in [0.4, 0.5) is 0 Å². The summed E-state index contributed by atoms with van der Waals surface area (Å²) in [6.45, 7) is -0.142. The molecule has 0 unspecified atom stereocenters. The number of hydrogen-bond donors (Lipinski definition) is 1. The van der Waals surface area contributed by atoms with Crippen LogP contribution in [0.1, 0.15) is 9.67 Å². The summed E-state index contributed by atoms with van der Waals surface area (Å²) in [7, 11) is 2.75. The first kappa shape index (κ1) is 11.5. The zero-order chi connectivity index (χ0) is 11.3. The highest BCUT2D eigenvalue weighted by molar-refractivity contribution is 7.12. The van der Waals surface area contributed by atoms with Crippen LogP contribution in [0.3, 0.4) is 0 Å². The van der Waals surface area contributed by atoms with E-state index in [0.29, 0.717) is 10.6 Å². The van der Waals surface area contributed by atoms with Crippen molar-refractivity contribution in [3.63, 3.8) is 0 Å². The van der Waals surface area contributed by atoms with Crippen molar-refractivity contribution in [1.82, 2.24) is 5.32 Å². The molecule has 15 heavy (non-hydrogen) atoms. The highest BCUT2D eigenvalue weighted by atomic mass is 32.1. The quantitative estimate of drug-likeness (QED) is 0.770. The predicted molar refractivity (Wildman–Crippen MR) is 55.2 cm³/mol. The van der Waals surface area contributed by atoms with Gasteiger partial charge in [-0.3, -0.25) is 9.59 Å². The largest absolute Gasteiger partial charge is 0.495 e. The molecule has 1 aromatic heterocycles. The highest BCUT2D eigenvalue weighted by Gasteiger charge is 2.14. The van der Waals surface area contributed by atoms with Crippen molar-refractivity contribution in [3.05, 3.63) is 16.3 Å². The van der Waals surface area contributed by atoms with Crippen molar-refractivity contribution in [1.29, 1.82) is 0 Å². The van der Waals surface area contributed by atoms with Gasteiger partial charge in [0.15, 0.2) is 0 Å². The summed E-state index contributed by atoms with van der Waals surface area (Å²) in [5.41, 5.74) is 0. The molecule has 1 heterocycles. The Morgan fingerprint density at radius 3 is 2.80 bits per heavy atom. The summed E-state index contributed by atoms with van der Waals surface area (Å²) in [6.07, 6.45) is 0. The normalized spacial score (nSPS) is 9.47. The van der Waals surface area contributed by atoms with E-state index in [1.54, 1.807) is 11.4 Å². The molecule has 0 spiro atoms. The number of carbonyl (C=O) groups is 2. The van der Waals surface area contributed by atoms with Crippen molar-refractivity contribution in [2.45, 2.75) is 0 Å². The summed E-state index contributed by atoms with van der Waals surface area (Å²) < 4.78 is 9.37. The van der Waals surface area contributed by atoms with Gasteiger partial charge in [0.05, 0.1) is 14.2 Å². The van der Waals surface area contributed by atoms with Crippen molar-refractivity contribution in [3.8, 4) is 5.75 Å². The molecule has 0 saturated heterocycles. The van der Waals surface area contributed by atoms with Crippen LogP contribution in [0.2, 0.25) is 0 Å². The van der Waals surface area contributed by atoms with Crippen LogP contribution in [-0.4, -0.2) is 32.6 Å². The number of nitrogens with one attached hydrogen (secondary N) is 1. The van der Waals surface area contributed by atoms with E-state index in [1.165, 1.54) is 25.6 Å². The van der Waals surface area contributed by atoms with Crippen LogP contribution in [0.25, 0.3) is 0 Å². The Hall–Kier alpha value is -1.56. The second kappa shape index (κ2) is 5.35. The monoisotopic (exact) mass is 229 g/mol. The van der Waals surface area contributed by atoms with E-state index >= 15 is 0 Å². The molecule has 82 valence electrons. The molecule has 1 aromatic rings. The molecule has 0 fully saturated rings. The molecule has 0 atom stereocenters. The fraction of sp³-hybridized carbons (Fsp3) is 0.333. The van der Waals surface area contributed by atoms with Gasteiger partial charge in [-0.25, -0.2) is 0 Å². The molecule has 0 radical (unpaired) electrons. The number of hydrogen-bond acceptors (Lipinski definition) is 5. The highest BCUT2D eigenvalue weighted by Crippen LogP contribution is 2.23. The average Bonchev–Trinajstić information content (AvgIpc) is 2.73. The van der Waals surface area contributed by atoms with Gasteiger partial charge in [-0.15, -0.1) is 11.3 Å². The minimum absolute atomic E-state index is 0.142. The van der Waals surface area contributed by atoms with E-state index in [9.17, 15) is 9.59 Å². The van der Waals surface area contributed by atoms with E-state index in [1.807, 2.05) is 0 Å². The second-order valence-corrected chi connectivity index (χ2v) is 3.49. The van der Waals surface area contributed by atoms with Gasteiger partial charge in [0, 0.05) is 0 Å². The lowest BCUT2D eigenvalue weighted by Crippen LogP contribution is -2.29. The van der Waals surface area contributed by atoms with Gasteiger partial charge in [-0.2, -0.15) is 0 Å². The Morgan fingerprint density at radius 1 is 1.47 bits per heavy atom. The molecular weight excluding hydrogens is 218 g/mol. The SMILES string of the molecule is COC(=O)CNC(=O)c1sccc1OC. The van der Waals surface area contributed by atoms with Crippen molar-refractivity contribution in [2.75, 3.05) is 20.8 Å². The number of amides is 1. The Balaban J connectivity index is 2.57. The fourth-order valence-electron chi connectivity index (χ4n) is 0.929. The molecule has 0 aliphatic carbocycles. The maximum absolute atomic E-state index is 11.5. The van der Waals surface area contributed by atoms with Crippen molar-refractivity contribution in [2.24, 2.45) is 0 Å². The average molecular weight is 229 g/mol. The Kier molecular flexibility index (Phi) is 4.11. The van der Waals surface area contributed by atoms with Crippen LogP contribution in [0, 0.1) is 0 Å². The lowest BCUT2D eigenvalue weighted by Gasteiger charge is -2.03. The van der Waals surface area contributed by atoms with E-state index < -0.39 is 5.97 Å². The van der Waals surface area contributed by atoms with Gasteiger partial charge >= 0.3 is 5.97 Å². The Bertz CT molecular complexity index is 361. The van der Waals surface area contributed by atoms with E-state index in [-0.39, 0.29) is 12.5 Å². The van der Waals surface area contributed by atoms with Crippen molar-refractivity contribution >= 4 is 23.2 Å². The first-order valence-electron chi connectivity index (χ1n) is 4.15. The fourth-order valence-corrected chi connectivity index (χ4v) is 1.70. The smallest absolute Gasteiger partial charge is 0.325 e. The zero-order valence-corrected chi connectivity index (χ0v) is 9.22. The van der Waals surface area contributed by atoms with Gasteiger partial charge in [0.1, 0.15) is 17.2 Å². The maximum Gasteiger partial charge on any atom is 0.325 e. The molecule has 1 N–H and O–H groups in total. The second-order valence-electron chi connectivity index (χ2n) is 2.58. The van der Waals surface area contributed by atoms with Crippen LogP contribution >= 0.6 is 11.3 Å². The Morgan fingerprint density at radius 2 is 2.20 bits per heavy atom. The van der Waals surface area contributed by atoms with Crippen LogP contribution in [0.15, 0.2) is 11.4 Å². The van der Waals surface area contributed by atoms with E-state index in [4.69, 9.17) is 4.74 Å². The van der Waals surface area contributed by atoms with Crippen molar-refractivity contribution < 1.29 is 19.1 Å². The van der Waals surface area contributed by atoms with Gasteiger partial charge in [0.2, 0.25) is 0 Å². The molecule has 6 heteroatoms. The number of ether oxygens (including phenoxy) is 2. The minimum atomic E-state index is -0.487. The molecule has 5 nitrogen and oxygen atoms in total. The molecule has 0 aliphatic heterocycles. The lowest BCUT2D eigenvalue weighted by molar-refractivity contribution is -0.139. The first-order valence-corrected chi connectivity index (χ1v) is 5.03. The molecule has 0 bridgehead atoms. The van der Waals surface area contributed by atoms with E-state index in [0.717, 1.165) is 0 Å². The van der Waals surface area contributed by atoms with Gasteiger partial charge < -0.3 is 14.8 Å². The molecule has 1 amide bonds. The molecule has 1 rings (SSSR count).